The number of rotatable bonds is 10. The van der Waals surface area contributed by atoms with Crippen LogP contribution in [0.1, 0.15) is 50.6 Å². The van der Waals surface area contributed by atoms with Gasteiger partial charge in [-0.25, -0.2) is 4.79 Å². The number of benzene rings is 2. The van der Waals surface area contributed by atoms with Crippen LogP contribution in [-0.4, -0.2) is 31.4 Å². The van der Waals surface area contributed by atoms with E-state index in [0.717, 1.165) is 11.3 Å². The summed E-state index contributed by atoms with van der Waals surface area (Å²) in [6, 6.07) is 10.4. The summed E-state index contributed by atoms with van der Waals surface area (Å²) in [4.78, 5) is 37.4. The first-order valence-corrected chi connectivity index (χ1v) is 12.8. The summed E-state index contributed by atoms with van der Waals surface area (Å²) in [5.74, 6) is -0.341. The molecule has 1 amide bonds. The van der Waals surface area contributed by atoms with Crippen molar-refractivity contribution < 1.29 is 28.6 Å². The predicted octanol–water partition coefficient (Wildman–Crippen LogP) is 6.98. The molecule has 0 aliphatic carbocycles. The van der Waals surface area contributed by atoms with Crippen molar-refractivity contribution in [1.29, 1.82) is 0 Å². The van der Waals surface area contributed by atoms with E-state index < -0.39 is 11.9 Å². The van der Waals surface area contributed by atoms with Crippen LogP contribution in [0.5, 0.6) is 11.5 Å². The number of methoxy groups -OCH3 is 1. The lowest BCUT2D eigenvalue weighted by Gasteiger charge is -2.13. The zero-order chi connectivity index (χ0) is 27.1. The quantitative estimate of drug-likeness (QED) is 0.163. The molecule has 3 aromatic rings. The van der Waals surface area contributed by atoms with Gasteiger partial charge in [0.1, 0.15) is 11.6 Å². The summed E-state index contributed by atoms with van der Waals surface area (Å²) in [5.41, 5.74) is 1.99. The molecule has 1 heterocycles. The van der Waals surface area contributed by atoms with Crippen molar-refractivity contribution >= 4 is 63.3 Å². The number of ether oxygens (including phenoxy) is 3. The molecule has 0 atom stereocenters. The van der Waals surface area contributed by atoms with Gasteiger partial charge in [0, 0.05) is 21.7 Å². The Balaban J connectivity index is 1.75. The van der Waals surface area contributed by atoms with Gasteiger partial charge >= 0.3 is 5.97 Å². The Morgan fingerprint density at radius 2 is 1.78 bits per heavy atom. The Morgan fingerprint density at radius 1 is 1.08 bits per heavy atom. The Bertz CT molecular complexity index is 1340. The maximum atomic E-state index is 12.6. The number of anilines is 1. The molecule has 7 nitrogen and oxygen atoms in total. The van der Waals surface area contributed by atoms with Crippen molar-refractivity contribution in [3.8, 4) is 11.5 Å². The molecule has 0 saturated heterocycles. The average molecular weight is 562 g/mol. The first-order valence-electron chi connectivity index (χ1n) is 11.2. The molecular formula is C27H25Cl2NO6S. The number of amides is 1. The second-order valence-corrected chi connectivity index (χ2v) is 9.59. The lowest BCUT2D eigenvalue weighted by molar-refractivity contribution is -0.111. The van der Waals surface area contributed by atoms with Gasteiger partial charge < -0.3 is 19.5 Å². The normalized spacial score (nSPS) is 10.9. The number of ketones is 1. The molecule has 3 rings (SSSR count). The molecule has 0 spiro atoms. The van der Waals surface area contributed by atoms with Crippen LogP contribution in [0.15, 0.2) is 42.5 Å². The van der Waals surface area contributed by atoms with Crippen molar-refractivity contribution in [2.24, 2.45) is 0 Å². The number of nitrogens with one attached hydrogen (secondary N) is 1. The molecule has 0 saturated carbocycles. The Kier molecular flexibility index (Phi) is 9.74. The van der Waals surface area contributed by atoms with Crippen molar-refractivity contribution in [1.82, 2.24) is 0 Å². The van der Waals surface area contributed by atoms with Crippen LogP contribution in [-0.2, 0) is 16.1 Å². The summed E-state index contributed by atoms with van der Waals surface area (Å²) in [6.07, 6.45) is 2.90. The highest BCUT2D eigenvalue weighted by molar-refractivity contribution is 7.18. The van der Waals surface area contributed by atoms with Gasteiger partial charge in [-0.05, 0) is 62.2 Å². The highest BCUT2D eigenvalue weighted by Crippen LogP contribution is 2.35. The van der Waals surface area contributed by atoms with Crippen LogP contribution < -0.4 is 14.8 Å². The van der Waals surface area contributed by atoms with E-state index in [-0.39, 0.29) is 29.6 Å². The zero-order valence-corrected chi connectivity index (χ0v) is 23.0. The van der Waals surface area contributed by atoms with Gasteiger partial charge in [0.05, 0.1) is 24.2 Å². The number of halogens is 2. The van der Waals surface area contributed by atoms with E-state index in [9.17, 15) is 14.4 Å². The summed E-state index contributed by atoms with van der Waals surface area (Å²) in [7, 11) is 1.51. The highest BCUT2D eigenvalue weighted by atomic mass is 35.5. The number of hydrogen-bond acceptors (Lipinski definition) is 7. The standard InChI is InChI=1S/C27H25Cl2NO6S/c1-5-35-27(33)24-15(2)25(16(3)31)37-26(24)30-23(32)12-10-17-9-11-21(22(13-17)34-4)36-14-18-19(28)7-6-8-20(18)29/h6-13H,5,14H2,1-4H3,(H,30,32). The maximum absolute atomic E-state index is 12.6. The number of hydrogen-bond donors (Lipinski definition) is 1. The Labute approximate surface area is 228 Å². The first kappa shape index (κ1) is 28.2. The Hall–Kier alpha value is -3.33. The van der Waals surface area contributed by atoms with Crippen LogP contribution in [0.4, 0.5) is 5.00 Å². The summed E-state index contributed by atoms with van der Waals surface area (Å²) in [6.45, 7) is 5.06. The third-order valence-electron chi connectivity index (χ3n) is 5.23. The minimum Gasteiger partial charge on any atom is -0.493 e. The zero-order valence-electron chi connectivity index (χ0n) is 20.6. The average Bonchev–Trinajstić information content (AvgIpc) is 3.18. The van der Waals surface area contributed by atoms with E-state index in [2.05, 4.69) is 5.32 Å². The Morgan fingerprint density at radius 3 is 2.41 bits per heavy atom. The molecule has 2 aromatic carbocycles. The van der Waals surface area contributed by atoms with Crippen molar-refractivity contribution in [3.63, 3.8) is 0 Å². The molecule has 1 aromatic heterocycles. The summed E-state index contributed by atoms with van der Waals surface area (Å²) in [5, 5.41) is 3.94. The van der Waals surface area contributed by atoms with E-state index in [0.29, 0.717) is 43.1 Å². The highest BCUT2D eigenvalue weighted by Gasteiger charge is 2.24. The molecule has 0 bridgehead atoms. The van der Waals surface area contributed by atoms with E-state index in [4.69, 9.17) is 37.4 Å². The first-order chi connectivity index (χ1) is 17.7. The van der Waals surface area contributed by atoms with Gasteiger partial charge in [-0.15, -0.1) is 11.3 Å². The molecule has 194 valence electrons. The van der Waals surface area contributed by atoms with Gasteiger partial charge in [0.15, 0.2) is 17.3 Å². The molecule has 0 aliphatic heterocycles. The molecule has 0 radical (unpaired) electrons. The van der Waals surface area contributed by atoms with Crippen molar-refractivity contribution in [2.45, 2.75) is 27.4 Å². The van der Waals surface area contributed by atoms with Gasteiger partial charge in [-0.1, -0.05) is 35.3 Å². The van der Waals surface area contributed by atoms with Crippen molar-refractivity contribution in [3.05, 3.63) is 79.7 Å². The van der Waals surface area contributed by atoms with E-state index >= 15 is 0 Å². The van der Waals surface area contributed by atoms with E-state index in [1.54, 1.807) is 56.3 Å². The van der Waals surface area contributed by atoms with Crippen LogP contribution in [0.3, 0.4) is 0 Å². The minimum absolute atomic E-state index is 0.151. The third kappa shape index (κ3) is 6.91. The topological polar surface area (TPSA) is 90.9 Å². The summed E-state index contributed by atoms with van der Waals surface area (Å²) < 4.78 is 16.4. The van der Waals surface area contributed by atoms with Crippen molar-refractivity contribution in [2.75, 3.05) is 19.0 Å². The fraction of sp³-hybridized carbons (Fsp3) is 0.222. The molecule has 37 heavy (non-hydrogen) atoms. The fourth-order valence-corrected chi connectivity index (χ4v) is 5.04. The number of esters is 1. The molecule has 0 fully saturated rings. The van der Waals surface area contributed by atoms with Gasteiger partial charge in [0.25, 0.3) is 0 Å². The molecular weight excluding hydrogens is 537 g/mol. The smallest absolute Gasteiger partial charge is 0.341 e. The van der Waals surface area contributed by atoms with Crippen LogP contribution in [0.25, 0.3) is 6.08 Å². The maximum Gasteiger partial charge on any atom is 0.341 e. The monoisotopic (exact) mass is 561 g/mol. The van der Waals surface area contributed by atoms with Crippen LogP contribution >= 0.6 is 34.5 Å². The summed E-state index contributed by atoms with van der Waals surface area (Å²) >= 11 is 13.5. The predicted molar refractivity (Wildman–Crippen MR) is 146 cm³/mol. The second-order valence-electron chi connectivity index (χ2n) is 7.76. The van der Waals surface area contributed by atoms with E-state index in [1.807, 2.05) is 0 Å². The van der Waals surface area contributed by atoms with Gasteiger partial charge in [-0.3, -0.25) is 9.59 Å². The molecule has 1 N–H and O–H groups in total. The largest absolute Gasteiger partial charge is 0.493 e. The molecule has 10 heteroatoms. The number of thiophene rings is 1. The third-order valence-corrected chi connectivity index (χ3v) is 7.25. The van der Waals surface area contributed by atoms with E-state index in [1.165, 1.54) is 20.1 Å². The van der Waals surface area contributed by atoms with Gasteiger partial charge in [-0.2, -0.15) is 0 Å². The molecule has 0 aliphatic rings. The number of Topliss-reactive ketones (excluding diaryl/α,β-unsaturated/α-hetero) is 1. The number of carbonyl (C=O) groups is 3. The SMILES string of the molecule is CCOC(=O)c1c(NC(=O)C=Cc2ccc(OCc3c(Cl)cccc3Cl)c(OC)c2)sc(C(C)=O)c1C. The number of carbonyl (C=O) groups excluding carboxylic acids is 3. The van der Waals surface area contributed by atoms with Crippen LogP contribution in [0, 0.1) is 6.92 Å². The lowest BCUT2D eigenvalue weighted by atomic mass is 10.1. The lowest BCUT2D eigenvalue weighted by Crippen LogP contribution is -2.12. The minimum atomic E-state index is -0.596. The fourth-order valence-electron chi connectivity index (χ4n) is 3.44. The second kappa shape index (κ2) is 12.8. The molecule has 0 unspecified atom stereocenters. The van der Waals surface area contributed by atoms with Gasteiger partial charge in [0.2, 0.25) is 5.91 Å². The van der Waals surface area contributed by atoms with Crippen LogP contribution in [0.2, 0.25) is 10.0 Å².